The minimum atomic E-state index is -3.94. The lowest BCUT2D eigenvalue weighted by atomic mass is 10.1. The zero-order valence-corrected chi connectivity index (χ0v) is 16.7. The van der Waals surface area contributed by atoms with Crippen molar-refractivity contribution in [1.82, 2.24) is 5.32 Å². The first-order valence-electron chi connectivity index (χ1n) is 9.78. The molecule has 0 aromatic rings. The first-order valence-corrected chi connectivity index (χ1v) is 11.4. The van der Waals surface area contributed by atoms with E-state index >= 15 is 0 Å². The summed E-state index contributed by atoms with van der Waals surface area (Å²) in [6.07, 6.45) is 18.4. The van der Waals surface area contributed by atoms with Gasteiger partial charge in [0.05, 0.1) is 12.3 Å². The third kappa shape index (κ3) is 21.2. The second kappa shape index (κ2) is 16.7. The van der Waals surface area contributed by atoms with E-state index in [1.165, 1.54) is 44.9 Å². The minimum absolute atomic E-state index is 0.0985. The Labute approximate surface area is 154 Å². The lowest BCUT2D eigenvalue weighted by molar-refractivity contribution is -0.118. The van der Waals surface area contributed by atoms with Crippen LogP contribution in [-0.4, -0.2) is 37.6 Å². The summed E-state index contributed by atoms with van der Waals surface area (Å²) in [4.78, 5) is 11.6. The minimum Gasteiger partial charge on any atom is -0.309 e. The number of Topliss-reactive ketones (excluding diaryl/α,β-unsaturated/α-hetero) is 1. The first-order chi connectivity index (χ1) is 12.0. The standard InChI is InChI=1S/C19H37NO4S/c1-2-3-4-5-6-7-8-9-10-11-12-13-14-15-19(21)18-20-16-17-25(22,23)24/h7-8,20H,2-6,9-18H2,1H3,(H,22,23,24)/b8-7-. The average molecular weight is 376 g/mol. The number of carbonyl (C=O) groups excluding carboxylic acids is 1. The van der Waals surface area contributed by atoms with Crippen molar-refractivity contribution in [3.8, 4) is 0 Å². The highest BCUT2D eigenvalue weighted by molar-refractivity contribution is 7.85. The third-order valence-electron chi connectivity index (χ3n) is 4.08. The van der Waals surface area contributed by atoms with Crippen molar-refractivity contribution in [3.05, 3.63) is 12.2 Å². The van der Waals surface area contributed by atoms with Gasteiger partial charge in [0.1, 0.15) is 5.78 Å². The van der Waals surface area contributed by atoms with Crippen molar-refractivity contribution in [2.24, 2.45) is 0 Å². The Bertz CT molecular complexity index is 446. The van der Waals surface area contributed by atoms with Gasteiger partial charge in [-0.2, -0.15) is 8.42 Å². The van der Waals surface area contributed by atoms with Crippen LogP contribution in [0.15, 0.2) is 12.2 Å². The zero-order chi connectivity index (χ0) is 18.8. The molecule has 0 aliphatic rings. The predicted octanol–water partition coefficient (Wildman–Crippen LogP) is 4.29. The Kier molecular flexibility index (Phi) is 16.3. The van der Waals surface area contributed by atoms with Gasteiger partial charge in [-0.15, -0.1) is 0 Å². The van der Waals surface area contributed by atoms with Gasteiger partial charge in [0.15, 0.2) is 0 Å². The van der Waals surface area contributed by atoms with Gasteiger partial charge in [0.2, 0.25) is 0 Å². The largest absolute Gasteiger partial charge is 0.309 e. The number of allylic oxidation sites excluding steroid dienone is 2. The smallest absolute Gasteiger partial charge is 0.266 e. The molecule has 6 heteroatoms. The van der Waals surface area contributed by atoms with E-state index in [0.29, 0.717) is 6.42 Å². The van der Waals surface area contributed by atoms with Crippen LogP contribution >= 0.6 is 0 Å². The van der Waals surface area contributed by atoms with Gasteiger partial charge in [0, 0.05) is 13.0 Å². The van der Waals surface area contributed by atoms with Crippen LogP contribution in [0.4, 0.5) is 0 Å². The van der Waals surface area contributed by atoms with Gasteiger partial charge in [-0.05, 0) is 32.1 Å². The summed E-state index contributed by atoms with van der Waals surface area (Å²) in [6.45, 7) is 2.52. The molecule has 25 heavy (non-hydrogen) atoms. The molecule has 2 N–H and O–H groups in total. The summed E-state index contributed by atoms with van der Waals surface area (Å²) in [6, 6.07) is 0. The fourth-order valence-corrected chi connectivity index (χ4v) is 2.96. The number of carbonyl (C=O) groups is 1. The lowest BCUT2D eigenvalue weighted by Gasteiger charge is -2.03. The summed E-state index contributed by atoms with van der Waals surface area (Å²) in [5, 5.41) is 2.74. The molecular weight excluding hydrogens is 338 g/mol. The molecule has 0 fully saturated rings. The molecule has 0 radical (unpaired) electrons. The lowest BCUT2D eigenvalue weighted by Crippen LogP contribution is -2.28. The normalized spacial score (nSPS) is 12.1. The Morgan fingerprint density at radius 3 is 2.08 bits per heavy atom. The Morgan fingerprint density at radius 1 is 0.920 bits per heavy atom. The average Bonchev–Trinajstić information content (AvgIpc) is 2.55. The number of hydrogen-bond donors (Lipinski definition) is 2. The van der Waals surface area contributed by atoms with Gasteiger partial charge in [-0.3, -0.25) is 9.35 Å². The molecule has 0 amide bonds. The van der Waals surface area contributed by atoms with E-state index in [9.17, 15) is 13.2 Å². The van der Waals surface area contributed by atoms with Crippen molar-refractivity contribution in [3.63, 3.8) is 0 Å². The molecule has 0 aromatic heterocycles. The molecule has 0 aromatic carbocycles. The molecule has 0 saturated carbocycles. The number of hydrogen-bond acceptors (Lipinski definition) is 4. The summed E-state index contributed by atoms with van der Waals surface area (Å²) < 4.78 is 29.6. The van der Waals surface area contributed by atoms with Crippen LogP contribution in [0, 0.1) is 0 Å². The SMILES string of the molecule is CCCCCC/C=C\CCCCCCCC(=O)CNCCS(=O)(=O)O. The van der Waals surface area contributed by atoms with Crippen LogP contribution in [0.5, 0.6) is 0 Å². The van der Waals surface area contributed by atoms with Crippen LogP contribution in [0.2, 0.25) is 0 Å². The van der Waals surface area contributed by atoms with E-state index in [0.717, 1.165) is 25.7 Å². The van der Waals surface area contributed by atoms with Gasteiger partial charge >= 0.3 is 0 Å². The van der Waals surface area contributed by atoms with E-state index < -0.39 is 10.1 Å². The molecule has 148 valence electrons. The van der Waals surface area contributed by atoms with Gasteiger partial charge in [0.25, 0.3) is 10.1 Å². The molecule has 0 aliphatic carbocycles. The first kappa shape index (κ1) is 24.3. The molecule has 0 heterocycles. The maximum Gasteiger partial charge on any atom is 0.266 e. The topological polar surface area (TPSA) is 83.5 Å². The van der Waals surface area contributed by atoms with Crippen LogP contribution in [0.1, 0.15) is 84.0 Å². The number of rotatable bonds is 18. The Balaban J connectivity index is 3.29. The second-order valence-corrected chi connectivity index (χ2v) is 8.20. The predicted molar refractivity (Wildman–Crippen MR) is 105 cm³/mol. The van der Waals surface area contributed by atoms with Crippen molar-refractivity contribution in [2.45, 2.75) is 84.0 Å². The van der Waals surface area contributed by atoms with E-state index in [1.807, 2.05) is 0 Å². The molecule has 5 nitrogen and oxygen atoms in total. The van der Waals surface area contributed by atoms with Gasteiger partial charge in [-0.1, -0.05) is 57.6 Å². The summed E-state index contributed by atoms with van der Waals surface area (Å²) in [5.74, 6) is -0.255. The van der Waals surface area contributed by atoms with E-state index in [4.69, 9.17) is 4.55 Å². The molecule has 0 saturated heterocycles. The maximum atomic E-state index is 11.6. The highest BCUT2D eigenvalue weighted by atomic mass is 32.2. The fourth-order valence-electron chi connectivity index (χ4n) is 2.56. The summed E-state index contributed by atoms with van der Waals surface area (Å²) in [5.41, 5.74) is 0. The van der Waals surface area contributed by atoms with Crippen LogP contribution in [0.25, 0.3) is 0 Å². The van der Waals surface area contributed by atoms with E-state index in [-0.39, 0.29) is 24.6 Å². The van der Waals surface area contributed by atoms with Crippen molar-refractivity contribution in [2.75, 3.05) is 18.8 Å². The Hall–Kier alpha value is -0.720. The zero-order valence-electron chi connectivity index (χ0n) is 15.8. The molecule has 0 aliphatic heterocycles. The molecule has 0 bridgehead atoms. The number of ketones is 1. The van der Waals surface area contributed by atoms with Gasteiger partial charge < -0.3 is 5.32 Å². The van der Waals surface area contributed by atoms with Crippen molar-refractivity contribution < 1.29 is 17.8 Å². The van der Waals surface area contributed by atoms with Crippen LogP contribution < -0.4 is 5.32 Å². The van der Waals surface area contributed by atoms with Crippen LogP contribution in [-0.2, 0) is 14.9 Å². The fraction of sp³-hybridized carbons (Fsp3) is 0.842. The quantitative estimate of drug-likeness (QED) is 0.212. The third-order valence-corrected chi connectivity index (χ3v) is 4.80. The molecule has 0 rings (SSSR count). The van der Waals surface area contributed by atoms with E-state index in [1.54, 1.807) is 0 Å². The van der Waals surface area contributed by atoms with Crippen LogP contribution in [0.3, 0.4) is 0 Å². The van der Waals surface area contributed by atoms with E-state index in [2.05, 4.69) is 24.4 Å². The highest BCUT2D eigenvalue weighted by Crippen LogP contribution is 2.09. The summed E-state index contributed by atoms with van der Waals surface area (Å²) >= 11 is 0. The van der Waals surface area contributed by atoms with Crippen molar-refractivity contribution >= 4 is 15.9 Å². The highest BCUT2D eigenvalue weighted by Gasteiger charge is 2.05. The monoisotopic (exact) mass is 375 g/mol. The Morgan fingerprint density at radius 2 is 1.48 bits per heavy atom. The van der Waals surface area contributed by atoms with Crippen molar-refractivity contribution in [1.29, 1.82) is 0 Å². The molecule has 0 unspecified atom stereocenters. The second-order valence-electron chi connectivity index (χ2n) is 6.63. The number of unbranched alkanes of at least 4 members (excludes halogenated alkanes) is 9. The van der Waals surface area contributed by atoms with Gasteiger partial charge in [-0.25, -0.2) is 0 Å². The number of nitrogens with one attached hydrogen (secondary N) is 1. The maximum absolute atomic E-state index is 11.6. The molecular formula is C19H37NO4S. The molecule has 0 spiro atoms. The molecule has 0 atom stereocenters. The summed E-state index contributed by atoms with van der Waals surface area (Å²) in [7, 11) is -3.94.